The van der Waals surface area contributed by atoms with E-state index in [1.807, 2.05) is 18.2 Å². The smallest absolute Gasteiger partial charge is 0.229 e. The maximum Gasteiger partial charge on any atom is 0.229 e. The zero-order chi connectivity index (χ0) is 30.4. The molecule has 3 aliphatic heterocycles. The molecule has 0 unspecified atom stereocenters. The van der Waals surface area contributed by atoms with Gasteiger partial charge < -0.3 is 29.7 Å². The van der Waals surface area contributed by atoms with E-state index in [9.17, 15) is 4.57 Å². The molecule has 5 heterocycles. The lowest BCUT2D eigenvalue weighted by Crippen LogP contribution is -2.57. The minimum Gasteiger partial charge on any atom is -0.489 e. The molecule has 13 heteroatoms. The number of piperazine rings is 1. The Bertz CT molecular complexity index is 1740. The van der Waals surface area contributed by atoms with Crippen molar-refractivity contribution in [2.24, 2.45) is 0 Å². The van der Waals surface area contributed by atoms with Gasteiger partial charge in [-0.15, -0.1) is 0 Å². The Morgan fingerprint density at radius 1 is 0.977 bits per heavy atom. The zero-order valence-corrected chi connectivity index (χ0v) is 27.7. The van der Waals surface area contributed by atoms with E-state index in [4.69, 9.17) is 9.72 Å². The first kappa shape index (κ1) is 29.4. The molecule has 0 aliphatic carbocycles. The van der Waals surface area contributed by atoms with Gasteiger partial charge in [0.2, 0.25) is 5.95 Å². The molecule has 0 spiro atoms. The minimum atomic E-state index is -2.72. The number of nitrogens with zero attached hydrogens (tertiary/aromatic N) is 7. The lowest BCUT2D eigenvalue weighted by molar-refractivity contribution is 0.0822. The SMILES string of the molecule is CN1CCN([C@H]2CCN3c4ccc(Nc5ncc(Br)c(Nc6ccc7nccnc7c6P(C)(C)=O)n5)cc4OC[C@H]3C2)CC1. The maximum absolute atomic E-state index is 13.4. The molecule has 3 aliphatic rings. The Morgan fingerprint density at radius 3 is 2.61 bits per heavy atom. The molecule has 2 N–H and O–H groups in total. The summed E-state index contributed by atoms with van der Waals surface area (Å²) >= 11 is 3.57. The number of benzene rings is 2. The molecular formula is C31H37BrN9O2P. The molecule has 2 fully saturated rings. The number of fused-ring (bicyclic) bond motifs is 4. The first-order valence-electron chi connectivity index (χ1n) is 15.0. The van der Waals surface area contributed by atoms with Crippen LogP contribution in [0.25, 0.3) is 11.0 Å². The van der Waals surface area contributed by atoms with Crippen molar-refractivity contribution in [3.8, 4) is 5.75 Å². The van der Waals surface area contributed by atoms with E-state index in [0.29, 0.717) is 57.0 Å². The van der Waals surface area contributed by atoms with Crippen LogP contribution in [0.4, 0.5) is 28.8 Å². The Morgan fingerprint density at radius 2 is 1.80 bits per heavy atom. The van der Waals surface area contributed by atoms with Crippen LogP contribution in [-0.4, -0.2) is 102 Å². The van der Waals surface area contributed by atoms with Crippen LogP contribution in [0.5, 0.6) is 5.75 Å². The van der Waals surface area contributed by atoms with Crippen LogP contribution < -0.4 is 25.6 Å². The normalized spacial score (nSPS) is 21.0. The molecule has 2 atom stereocenters. The van der Waals surface area contributed by atoms with Gasteiger partial charge in [-0.1, -0.05) is 0 Å². The van der Waals surface area contributed by atoms with Crippen LogP contribution in [0.1, 0.15) is 12.8 Å². The van der Waals surface area contributed by atoms with Crippen molar-refractivity contribution in [1.82, 2.24) is 29.7 Å². The van der Waals surface area contributed by atoms with Gasteiger partial charge in [0.15, 0.2) is 0 Å². The predicted molar refractivity (Wildman–Crippen MR) is 180 cm³/mol. The summed E-state index contributed by atoms with van der Waals surface area (Å²) in [6.07, 6.45) is 7.27. The fourth-order valence-electron chi connectivity index (χ4n) is 6.59. The molecule has 0 radical (unpaired) electrons. The highest BCUT2D eigenvalue weighted by molar-refractivity contribution is 9.10. The topological polar surface area (TPSA) is 112 Å². The van der Waals surface area contributed by atoms with Crippen molar-refractivity contribution in [2.45, 2.75) is 24.9 Å². The standard InChI is InChI=1S/C31H37BrN9O2P/c1-39-12-14-40(15-13-39)21-8-11-41-22(17-21)19-43-27-16-20(4-7-26(27)41)36-31-35-18-23(32)30(38-31)37-25-6-5-24-28(34-10-9-33-24)29(25)44(2,3)42/h4-7,9-10,16,18,21-22H,8,11-15,17,19H2,1-3H3,(H2,35,36,37,38)/t21-,22+/m0/s1. The summed E-state index contributed by atoms with van der Waals surface area (Å²) < 4.78 is 20.4. The summed E-state index contributed by atoms with van der Waals surface area (Å²) in [5.41, 5.74) is 3.98. The van der Waals surface area contributed by atoms with Gasteiger partial charge in [0.05, 0.1) is 32.7 Å². The second-order valence-corrected chi connectivity index (χ2v) is 16.2. The van der Waals surface area contributed by atoms with Crippen molar-refractivity contribution in [2.75, 3.05) is 75.2 Å². The van der Waals surface area contributed by atoms with E-state index in [1.54, 1.807) is 31.9 Å². The number of hydrogen-bond acceptors (Lipinski definition) is 11. The van der Waals surface area contributed by atoms with Gasteiger partial charge in [0, 0.05) is 69.1 Å². The summed E-state index contributed by atoms with van der Waals surface area (Å²) in [5.74, 6) is 1.85. The van der Waals surface area contributed by atoms with Crippen molar-refractivity contribution in [1.29, 1.82) is 0 Å². The highest BCUT2D eigenvalue weighted by atomic mass is 79.9. The van der Waals surface area contributed by atoms with Crippen LogP contribution in [0.2, 0.25) is 0 Å². The summed E-state index contributed by atoms with van der Waals surface area (Å²) in [7, 11) is -0.505. The number of piperidine rings is 1. The van der Waals surface area contributed by atoms with Gasteiger partial charge in [0.25, 0.3) is 0 Å². The van der Waals surface area contributed by atoms with Gasteiger partial charge in [0.1, 0.15) is 30.8 Å². The second kappa shape index (κ2) is 11.9. The third kappa shape index (κ3) is 5.88. The largest absolute Gasteiger partial charge is 0.489 e. The molecule has 0 saturated carbocycles. The van der Waals surface area contributed by atoms with Gasteiger partial charge in [-0.05, 0) is 73.4 Å². The molecule has 230 valence electrons. The predicted octanol–water partition coefficient (Wildman–Crippen LogP) is 4.89. The van der Waals surface area contributed by atoms with Crippen molar-refractivity contribution in [3.63, 3.8) is 0 Å². The van der Waals surface area contributed by atoms with Crippen molar-refractivity contribution in [3.05, 3.63) is 53.4 Å². The monoisotopic (exact) mass is 677 g/mol. The van der Waals surface area contributed by atoms with Crippen LogP contribution in [-0.2, 0) is 4.57 Å². The maximum atomic E-state index is 13.4. The minimum absolute atomic E-state index is 0.399. The number of halogens is 1. The highest BCUT2D eigenvalue weighted by Crippen LogP contribution is 2.42. The van der Waals surface area contributed by atoms with Crippen LogP contribution >= 0.6 is 23.1 Å². The molecule has 2 aromatic carbocycles. The summed E-state index contributed by atoms with van der Waals surface area (Å²) in [6.45, 7) is 9.83. The fourth-order valence-corrected chi connectivity index (χ4v) is 8.28. The summed E-state index contributed by atoms with van der Waals surface area (Å²) in [4.78, 5) is 25.7. The quantitative estimate of drug-likeness (QED) is 0.272. The molecule has 0 amide bonds. The Labute approximate surface area is 265 Å². The Balaban J connectivity index is 1.08. The number of anilines is 5. The molecule has 2 saturated heterocycles. The third-order valence-corrected chi connectivity index (χ3v) is 11.0. The molecule has 11 nitrogen and oxygen atoms in total. The second-order valence-electron chi connectivity index (χ2n) is 12.2. The molecular weight excluding hydrogens is 641 g/mol. The highest BCUT2D eigenvalue weighted by Gasteiger charge is 2.36. The van der Waals surface area contributed by atoms with Crippen LogP contribution in [0, 0.1) is 0 Å². The van der Waals surface area contributed by atoms with E-state index in [-0.39, 0.29) is 0 Å². The van der Waals surface area contributed by atoms with Crippen molar-refractivity contribution >= 4 is 68.2 Å². The number of nitrogens with one attached hydrogen (secondary N) is 2. The third-order valence-electron chi connectivity index (χ3n) is 8.85. The van der Waals surface area contributed by atoms with E-state index < -0.39 is 7.14 Å². The average Bonchev–Trinajstić information content (AvgIpc) is 3.02. The van der Waals surface area contributed by atoms with E-state index in [0.717, 1.165) is 56.3 Å². The number of rotatable bonds is 6. The van der Waals surface area contributed by atoms with Gasteiger partial charge in [-0.25, -0.2) is 4.98 Å². The number of ether oxygens (including phenoxy) is 1. The van der Waals surface area contributed by atoms with Gasteiger partial charge in [-0.3, -0.25) is 14.9 Å². The number of hydrogen-bond donors (Lipinski definition) is 2. The van der Waals surface area contributed by atoms with Crippen LogP contribution in [0.15, 0.2) is 53.4 Å². The van der Waals surface area contributed by atoms with E-state index in [1.165, 1.54) is 6.42 Å². The Hall–Kier alpha value is -3.31. The Kier molecular flexibility index (Phi) is 7.95. The first-order chi connectivity index (χ1) is 21.2. The van der Waals surface area contributed by atoms with E-state index in [2.05, 4.69) is 75.4 Å². The molecule has 4 aromatic rings. The van der Waals surface area contributed by atoms with Crippen molar-refractivity contribution < 1.29 is 9.30 Å². The summed E-state index contributed by atoms with van der Waals surface area (Å²) in [5, 5.41) is 7.34. The number of likely N-dealkylation sites (N-methyl/N-ethyl adjacent to an activating group) is 1. The van der Waals surface area contributed by atoms with Crippen LogP contribution in [0.3, 0.4) is 0 Å². The zero-order valence-electron chi connectivity index (χ0n) is 25.2. The summed E-state index contributed by atoms with van der Waals surface area (Å²) in [6, 6.07) is 11.0. The molecule has 44 heavy (non-hydrogen) atoms. The van der Waals surface area contributed by atoms with Gasteiger partial charge >= 0.3 is 0 Å². The van der Waals surface area contributed by atoms with E-state index >= 15 is 0 Å². The molecule has 0 bridgehead atoms. The molecule has 2 aromatic heterocycles. The first-order valence-corrected chi connectivity index (χ1v) is 18.4. The van der Waals surface area contributed by atoms with Gasteiger partial charge in [-0.2, -0.15) is 4.98 Å². The lowest BCUT2D eigenvalue weighted by atomic mass is 9.93. The lowest BCUT2D eigenvalue weighted by Gasteiger charge is -2.48. The average molecular weight is 679 g/mol. The molecule has 7 rings (SSSR count). The number of aromatic nitrogens is 4. The fraction of sp³-hybridized carbons (Fsp3) is 0.419.